The van der Waals surface area contributed by atoms with E-state index in [1.165, 1.54) is 48.7 Å². The molecule has 1 aromatic heterocycles. The van der Waals surface area contributed by atoms with Gasteiger partial charge in [-0.15, -0.1) is 0 Å². The second-order valence-corrected chi connectivity index (χ2v) is 6.86. The third-order valence-corrected chi connectivity index (χ3v) is 4.36. The van der Waals surface area contributed by atoms with Gasteiger partial charge in [0.2, 0.25) is 0 Å². The van der Waals surface area contributed by atoms with E-state index >= 15 is 0 Å². The van der Waals surface area contributed by atoms with E-state index in [1.807, 2.05) is 0 Å². The molecule has 11 heteroatoms. The van der Waals surface area contributed by atoms with Crippen LogP contribution in [-0.4, -0.2) is 22.1 Å². The molecule has 3 aromatic rings. The van der Waals surface area contributed by atoms with Crippen LogP contribution in [0.4, 0.5) is 29.3 Å². The van der Waals surface area contributed by atoms with Crippen molar-refractivity contribution in [2.45, 2.75) is 6.18 Å². The lowest BCUT2D eigenvalue weighted by molar-refractivity contribution is -0.137. The molecule has 0 saturated carbocycles. The van der Waals surface area contributed by atoms with Crippen molar-refractivity contribution >= 4 is 41.1 Å². The molecule has 2 aromatic carbocycles. The number of hydrogen-bond donors (Lipinski definition) is 3. The van der Waals surface area contributed by atoms with Crippen molar-refractivity contribution in [1.29, 1.82) is 0 Å². The van der Waals surface area contributed by atoms with Crippen LogP contribution in [0, 0.1) is 0 Å². The van der Waals surface area contributed by atoms with Gasteiger partial charge in [0.1, 0.15) is 11.5 Å². The Kier molecular flexibility index (Phi) is 7.19. The van der Waals surface area contributed by atoms with Gasteiger partial charge in [0.25, 0.3) is 0 Å². The van der Waals surface area contributed by atoms with Gasteiger partial charge in [0, 0.05) is 24.0 Å². The molecular weight excluding hydrogens is 463 g/mol. The summed E-state index contributed by atoms with van der Waals surface area (Å²) >= 11 is 5.64. The highest BCUT2D eigenvalue weighted by atomic mass is 35.5. The summed E-state index contributed by atoms with van der Waals surface area (Å²) in [6.07, 6.45) is -1.04. The van der Waals surface area contributed by atoms with Crippen LogP contribution in [0.5, 0.6) is 11.5 Å². The maximum absolute atomic E-state index is 13.2. The Morgan fingerprint density at radius 3 is 2.42 bits per heavy atom. The van der Waals surface area contributed by atoms with E-state index < -0.39 is 34.5 Å². The highest BCUT2D eigenvalue weighted by Gasteiger charge is 2.36. The molecular formula is C22H15ClF3N3O4. The molecule has 1 heterocycles. The van der Waals surface area contributed by atoms with Crippen molar-refractivity contribution in [1.82, 2.24) is 4.98 Å². The number of nitrogens with one attached hydrogen (secondary N) is 2. The zero-order valence-electron chi connectivity index (χ0n) is 16.6. The summed E-state index contributed by atoms with van der Waals surface area (Å²) in [5.74, 6) is -0.316. The first-order valence-electron chi connectivity index (χ1n) is 9.20. The summed E-state index contributed by atoms with van der Waals surface area (Å²) in [5.41, 5.74) is -0.933. The van der Waals surface area contributed by atoms with Crippen LogP contribution in [0.1, 0.15) is 11.3 Å². The maximum atomic E-state index is 13.2. The predicted molar refractivity (Wildman–Crippen MR) is 117 cm³/mol. The number of aliphatic carboxylic acids is 1. The number of carboxylic acids is 1. The first kappa shape index (κ1) is 23.6. The number of carbonyl (C=O) groups is 2. The molecule has 0 radical (unpaired) electrons. The normalized spacial score (nSPS) is 11.3. The molecule has 7 nitrogen and oxygen atoms in total. The van der Waals surface area contributed by atoms with Crippen LogP contribution < -0.4 is 15.4 Å². The summed E-state index contributed by atoms with van der Waals surface area (Å²) in [4.78, 5) is 26.8. The highest BCUT2D eigenvalue weighted by molar-refractivity contribution is 6.32. The first-order valence-corrected chi connectivity index (χ1v) is 9.58. The monoisotopic (exact) mass is 477 g/mol. The zero-order valence-corrected chi connectivity index (χ0v) is 17.3. The van der Waals surface area contributed by atoms with Gasteiger partial charge in [-0.25, -0.2) is 9.59 Å². The van der Waals surface area contributed by atoms with E-state index in [9.17, 15) is 22.8 Å². The van der Waals surface area contributed by atoms with E-state index in [0.29, 0.717) is 22.9 Å². The van der Waals surface area contributed by atoms with Crippen LogP contribution in [-0.2, 0) is 11.0 Å². The number of benzene rings is 2. The number of amides is 2. The lowest BCUT2D eigenvalue weighted by Gasteiger charge is -2.15. The molecule has 0 aliphatic heterocycles. The number of nitrogens with zero attached hydrogens (tertiary/aromatic N) is 1. The molecule has 3 rings (SSSR count). The molecule has 2 amide bonds. The minimum atomic E-state index is -4.74. The number of ether oxygens (including phenoxy) is 1. The van der Waals surface area contributed by atoms with Gasteiger partial charge in [0.05, 0.1) is 22.0 Å². The van der Waals surface area contributed by atoms with Crippen molar-refractivity contribution in [2.24, 2.45) is 0 Å². The Bertz CT molecular complexity index is 1200. The van der Waals surface area contributed by atoms with E-state index in [0.717, 1.165) is 18.2 Å². The van der Waals surface area contributed by atoms with Crippen LogP contribution in [0.3, 0.4) is 0 Å². The molecule has 0 bridgehead atoms. The number of carbonyl (C=O) groups excluding carboxylic acids is 1. The van der Waals surface area contributed by atoms with Crippen molar-refractivity contribution in [3.05, 3.63) is 83.2 Å². The van der Waals surface area contributed by atoms with E-state index in [-0.39, 0.29) is 0 Å². The van der Waals surface area contributed by atoms with Gasteiger partial charge in [-0.05, 0) is 48.5 Å². The molecule has 0 unspecified atom stereocenters. The fourth-order valence-corrected chi connectivity index (χ4v) is 2.96. The second-order valence-electron chi connectivity index (χ2n) is 6.45. The van der Waals surface area contributed by atoms with Gasteiger partial charge in [-0.2, -0.15) is 13.2 Å². The molecule has 3 N–H and O–H groups in total. The Morgan fingerprint density at radius 1 is 1.03 bits per heavy atom. The first-order chi connectivity index (χ1) is 15.6. The zero-order chi connectivity index (χ0) is 24.0. The molecule has 0 spiro atoms. The van der Waals surface area contributed by atoms with Crippen LogP contribution in [0.2, 0.25) is 5.02 Å². The van der Waals surface area contributed by atoms with Gasteiger partial charge >= 0.3 is 18.2 Å². The number of aromatic nitrogens is 1. The van der Waals surface area contributed by atoms with Crippen LogP contribution in [0.25, 0.3) is 6.08 Å². The predicted octanol–water partition coefficient (Wildman–Crippen LogP) is 6.29. The highest BCUT2D eigenvalue weighted by Crippen LogP contribution is 2.39. The molecule has 0 fully saturated rings. The molecule has 0 saturated heterocycles. The third-order valence-electron chi connectivity index (χ3n) is 4.04. The number of alkyl halides is 3. The topological polar surface area (TPSA) is 101 Å². The minimum absolute atomic E-state index is 0.301. The molecule has 170 valence electrons. The quantitative estimate of drug-likeness (QED) is 0.362. The van der Waals surface area contributed by atoms with Crippen molar-refractivity contribution < 1.29 is 32.6 Å². The largest absolute Gasteiger partial charge is 0.478 e. The lowest BCUT2D eigenvalue weighted by atomic mass is 10.1. The Labute approximate surface area is 190 Å². The SMILES string of the molecule is O=C(O)/C=C/c1cc(Oc2ccc(NC(=O)Nc3cccc(Cl)c3C(F)(F)F)cc2)ccn1. The van der Waals surface area contributed by atoms with Crippen molar-refractivity contribution in [2.75, 3.05) is 10.6 Å². The molecule has 0 atom stereocenters. The number of urea groups is 1. The summed E-state index contributed by atoms with van der Waals surface area (Å²) in [6, 6.07) is 11.7. The Hall–Kier alpha value is -4.05. The fraction of sp³-hybridized carbons (Fsp3) is 0.0455. The van der Waals surface area contributed by atoms with Gasteiger partial charge in [0.15, 0.2) is 0 Å². The molecule has 33 heavy (non-hydrogen) atoms. The summed E-state index contributed by atoms with van der Waals surface area (Å²) in [6.45, 7) is 0. The minimum Gasteiger partial charge on any atom is -0.478 e. The Balaban J connectivity index is 1.65. The van der Waals surface area contributed by atoms with Gasteiger partial charge in [-0.3, -0.25) is 4.98 Å². The summed E-state index contributed by atoms with van der Waals surface area (Å²) in [5, 5.41) is 12.7. The van der Waals surface area contributed by atoms with E-state index in [2.05, 4.69) is 15.6 Å². The number of halogens is 4. The summed E-state index contributed by atoms with van der Waals surface area (Å²) < 4.78 is 45.3. The van der Waals surface area contributed by atoms with E-state index in [4.69, 9.17) is 21.4 Å². The van der Waals surface area contributed by atoms with Crippen LogP contribution >= 0.6 is 11.6 Å². The number of rotatable bonds is 6. The van der Waals surface area contributed by atoms with Crippen LogP contribution in [0.15, 0.2) is 66.9 Å². The smallest absolute Gasteiger partial charge is 0.419 e. The number of carboxylic acid groups (broad SMARTS) is 1. The number of hydrogen-bond acceptors (Lipinski definition) is 4. The fourth-order valence-electron chi connectivity index (χ4n) is 2.68. The molecule has 0 aliphatic carbocycles. The summed E-state index contributed by atoms with van der Waals surface area (Å²) in [7, 11) is 0. The van der Waals surface area contributed by atoms with E-state index in [1.54, 1.807) is 6.07 Å². The number of anilines is 2. The average molecular weight is 478 g/mol. The van der Waals surface area contributed by atoms with Crippen molar-refractivity contribution in [3.8, 4) is 11.5 Å². The van der Waals surface area contributed by atoms with Gasteiger partial charge in [-0.1, -0.05) is 17.7 Å². The van der Waals surface area contributed by atoms with Crippen molar-refractivity contribution in [3.63, 3.8) is 0 Å². The average Bonchev–Trinajstić information content (AvgIpc) is 2.73. The lowest BCUT2D eigenvalue weighted by Crippen LogP contribution is -2.22. The number of pyridine rings is 1. The Morgan fingerprint density at radius 2 is 1.76 bits per heavy atom. The third kappa shape index (κ3) is 6.71. The molecule has 0 aliphatic rings. The maximum Gasteiger partial charge on any atom is 0.419 e. The van der Waals surface area contributed by atoms with Gasteiger partial charge < -0.3 is 20.5 Å². The standard InChI is InChI=1S/C22H15ClF3N3O4/c23-17-2-1-3-18(20(17)22(24,25)26)29-21(32)28-13-4-7-15(8-5-13)33-16-10-11-27-14(12-16)6-9-19(30)31/h1-12H,(H,30,31)(H2,28,29,32)/b9-6+. The second kappa shape index (κ2) is 10.0.